The van der Waals surface area contributed by atoms with Gasteiger partial charge < -0.3 is 19.7 Å². The molecule has 0 aliphatic carbocycles. The molecule has 0 unspecified atom stereocenters. The van der Waals surface area contributed by atoms with Gasteiger partial charge in [-0.3, -0.25) is 9.59 Å². The maximum absolute atomic E-state index is 12.7. The lowest BCUT2D eigenvalue weighted by atomic mass is 10.1. The van der Waals surface area contributed by atoms with Crippen LogP contribution in [0.2, 0.25) is 0 Å². The molecule has 0 bridgehead atoms. The van der Waals surface area contributed by atoms with Crippen LogP contribution in [0.5, 0.6) is 0 Å². The molecule has 7 heteroatoms. The van der Waals surface area contributed by atoms with Crippen LogP contribution in [0.15, 0.2) is 29.2 Å². The average Bonchev–Trinajstić information content (AvgIpc) is 2.70. The quantitative estimate of drug-likeness (QED) is 0.844. The van der Waals surface area contributed by atoms with Crippen molar-refractivity contribution in [1.29, 1.82) is 0 Å². The van der Waals surface area contributed by atoms with Gasteiger partial charge >= 0.3 is 0 Å². The Morgan fingerprint density at radius 2 is 1.93 bits per heavy atom. The van der Waals surface area contributed by atoms with E-state index >= 15 is 0 Å². The first-order chi connectivity index (χ1) is 13.4. The van der Waals surface area contributed by atoms with Crippen LogP contribution >= 0.6 is 0 Å². The van der Waals surface area contributed by atoms with E-state index in [2.05, 4.69) is 27.1 Å². The minimum atomic E-state index is -0.348. The van der Waals surface area contributed by atoms with Gasteiger partial charge in [-0.1, -0.05) is 13.0 Å². The fourth-order valence-corrected chi connectivity index (χ4v) is 3.75. The lowest BCUT2D eigenvalue weighted by Crippen LogP contribution is -2.45. The second kappa shape index (κ2) is 8.56. The highest BCUT2D eigenvalue weighted by atomic mass is 16.2. The Morgan fingerprint density at radius 3 is 2.61 bits per heavy atom. The van der Waals surface area contributed by atoms with Gasteiger partial charge in [0, 0.05) is 57.2 Å². The summed E-state index contributed by atoms with van der Waals surface area (Å²) in [6.07, 6.45) is 2.53. The highest BCUT2D eigenvalue weighted by Crippen LogP contribution is 2.18. The normalized spacial score (nSPS) is 14.9. The van der Waals surface area contributed by atoms with Gasteiger partial charge in [0.15, 0.2) is 0 Å². The summed E-state index contributed by atoms with van der Waals surface area (Å²) in [5.41, 5.74) is 2.78. The Kier molecular flexibility index (Phi) is 6.14. The number of amides is 1. The third-order valence-corrected chi connectivity index (χ3v) is 5.45. The molecule has 0 spiro atoms. The topological polar surface area (TPSA) is 70.5 Å². The molecule has 0 aromatic carbocycles. The van der Waals surface area contributed by atoms with E-state index in [4.69, 9.17) is 0 Å². The summed E-state index contributed by atoms with van der Waals surface area (Å²) in [6, 6.07) is 5.55. The highest BCUT2D eigenvalue weighted by molar-refractivity contribution is 5.94. The lowest BCUT2D eigenvalue weighted by molar-refractivity contribution is 0.0948. The molecule has 1 N–H and O–H groups in total. The van der Waals surface area contributed by atoms with E-state index in [1.165, 1.54) is 0 Å². The van der Waals surface area contributed by atoms with Crippen LogP contribution in [-0.2, 0) is 20.0 Å². The summed E-state index contributed by atoms with van der Waals surface area (Å²) in [5, 5.41) is 2.91. The van der Waals surface area contributed by atoms with E-state index in [1.54, 1.807) is 23.9 Å². The Morgan fingerprint density at radius 1 is 1.21 bits per heavy atom. The summed E-state index contributed by atoms with van der Waals surface area (Å²) in [4.78, 5) is 34.4. The second-order valence-corrected chi connectivity index (χ2v) is 7.36. The molecule has 3 rings (SSSR count). The van der Waals surface area contributed by atoms with Crippen LogP contribution in [0.4, 0.5) is 5.82 Å². The van der Waals surface area contributed by atoms with E-state index in [-0.39, 0.29) is 17.0 Å². The summed E-state index contributed by atoms with van der Waals surface area (Å²) < 4.78 is 1.57. The molecule has 28 heavy (non-hydrogen) atoms. The molecule has 0 radical (unpaired) electrons. The summed E-state index contributed by atoms with van der Waals surface area (Å²) in [5.74, 6) is 0.556. The molecule has 1 saturated heterocycles. The number of hydrogen-bond acceptors (Lipinski definition) is 5. The number of pyridine rings is 2. The van der Waals surface area contributed by atoms with Crippen molar-refractivity contribution in [2.24, 2.45) is 7.05 Å². The molecule has 2 aromatic rings. The monoisotopic (exact) mass is 383 g/mol. The lowest BCUT2D eigenvalue weighted by Gasteiger charge is -2.34. The number of carbonyl (C=O) groups excluding carboxylic acids is 1. The first-order valence-electron chi connectivity index (χ1n) is 9.77. The molecule has 3 heterocycles. The number of aryl methyl sites for hydroxylation is 1. The van der Waals surface area contributed by atoms with Gasteiger partial charge in [0.1, 0.15) is 11.4 Å². The molecule has 1 amide bonds. The van der Waals surface area contributed by atoms with Crippen molar-refractivity contribution in [1.82, 2.24) is 19.8 Å². The molecule has 1 aliphatic rings. The average molecular weight is 383 g/mol. The zero-order chi connectivity index (χ0) is 20.3. The van der Waals surface area contributed by atoms with Gasteiger partial charge in [0.25, 0.3) is 11.5 Å². The Balaban J connectivity index is 1.77. The molecule has 150 valence electrons. The predicted molar refractivity (Wildman–Crippen MR) is 111 cm³/mol. The molecular weight excluding hydrogens is 354 g/mol. The van der Waals surface area contributed by atoms with Crippen molar-refractivity contribution in [2.75, 3.05) is 38.1 Å². The third-order valence-electron chi connectivity index (χ3n) is 5.45. The number of rotatable bonds is 5. The number of hydrogen-bond donors (Lipinski definition) is 1. The molecule has 2 aromatic heterocycles. The number of carbonyl (C=O) groups is 1. The van der Waals surface area contributed by atoms with E-state index in [1.807, 2.05) is 26.0 Å². The maximum Gasteiger partial charge on any atom is 0.263 e. The van der Waals surface area contributed by atoms with E-state index < -0.39 is 0 Å². The van der Waals surface area contributed by atoms with Gasteiger partial charge in [-0.25, -0.2) is 4.98 Å². The minimum Gasteiger partial charge on any atom is -0.354 e. The van der Waals surface area contributed by atoms with E-state index in [9.17, 15) is 9.59 Å². The van der Waals surface area contributed by atoms with Crippen LogP contribution in [0.3, 0.4) is 0 Å². The number of nitrogens with one attached hydrogen (secondary N) is 1. The molecular formula is C21H29N5O2. The maximum atomic E-state index is 12.7. The second-order valence-electron chi connectivity index (χ2n) is 7.36. The molecule has 7 nitrogen and oxygen atoms in total. The minimum absolute atomic E-state index is 0.183. The highest BCUT2D eigenvalue weighted by Gasteiger charge is 2.19. The zero-order valence-corrected chi connectivity index (χ0v) is 17.2. The fourth-order valence-electron chi connectivity index (χ4n) is 3.75. The summed E-state index contributed by atoms with van der Waals surface area (Å²) in [6.45, 7) is 8.07. The first kappa shape index (κ1) is 20.1. The van der Waals surface area contributed by atoms with Crippen LogP contribution in [0.1, 0.15) is 34.1 Å². The van der Waals surface area contributed by atoms with Crippen LogP contribution < -0.4 is 15.8 Å². The molecule has 0 saturated carbocycles. The van der Waals surface area contributed by atoms with Crippen LogP contribution in [0, 0.1) is 6.92 Å². The van der Waals surface area contributed by atoms with Gasteiger partial charge in [0.2, 0.25) is 0 Å². The standard InChI is InChI=1S/C21H29N5O2/c1-5-18-15(2)13-17(21(28)25(18)4)20(27)23-14-16-7-6-8-22-19(16)26-11-9-24(3)10-12-26/h6-8,13H,5,9-12,14H2,1-4H3,(H,23,27). The SMILES string of the molecule is CCc1c(C)cc(C(=O)NCc2cccnc2N2CCN(C)CC2)c(=O)n1C. The zero-order valence-electron chi connectivity index (χ0n) is 17.2. The first-order valence-corrected chi connectivity index (χ1v) is 9.77. The number of likely N-dealkylation sites (N-methyl/N-ethyl adjacent to an activating group) is 1. The fraction of sp³-hybridized carbons (Fsp3) is 0.476. The predicted octanol–water partition coefficient (Wildman–Crippen LogP) is 1.33. The van der Waals surface area contributed by atoms with Crippen LogP contribution in [0.25, 0.3) is 0 Å². The van der Waals surface area contributed by atoms with Crippen LogP contribution in [-0.4, -0.2) is 53.6 Å². The van der Waals surface area contributed by atoms with Crippen molar-refractivity contribution in [3.8, 4) is 0 Å². The number of piperazine rings is 1. The Bertz CT molecular complexity index is 913. The van der Waals surface area contributed by atoms with Gasteiger partial charge in [-0.05, 0) is 38.1 Å². The summed E-state index contributed by atoms with van der Waals surface area (Å²) >= 11 is 0. The van der Waals surface area contributed by atoms with Crippen molar-refractivity contribution < 1.29 is 4.79 Å². The van der Waals surface area contributed by atoms with Crippen molar-refractivity contribution in [3.05, 3.63) is 57.1 Å². The number of anilines is 1. The third kappa shape index (κ3) is 4.09. The smallest absolute Gasteiger partial charge is 0.263 e. The molecule has 1 fully saturated rings. The summed E-state index contributed by atoms with van der Waals surface area (Å²) in [7, 11) is 3.83. The van der Waals surface area contributed by atoms with Gasteiger partial charge in [-0.15, -0.1) is 0 Å². The van der Waals surface area contributed by atoms with Crippen molar-refractivity contribution in [2.45, 2.75) is 26.8 Å². The molecule has 1 aliphatic heterocycles. The van der Waals surface area contributed by atoms with E-state index in [0.717, 1.165) is 55.2 Å². The van der Waals surface area contributed by atoms with Crippen molar-refractivity contribution >= 4 is 11.7 Å². The largest absolute Gasteiger partial charge is 0.354 e. The number of nitrogens with zero attached hydrogens (tertiary/aromatic N) is 4. The molecule has 0 atom stereocenters. The van der Waals surface area contributed by atoms with Gasteiger partial charge in [0.05, 0.1) is 0 Å². The van der Waals surface area contributed by atoms with Gasteiger partial charge in [-0.2, -0.15) is 0 Å². The number of aromatic nitrogens is 2. The Labute approximate surface area is 166 Å². The van der Waals surface area contributed by atoms with Crippen molar-refractivity contribution in [3.63, 3.8) is 0 Å². The Hall–Kier alpha value is -2.67. The van der Waals surface area contributed by atoms with E-state index in [0.29, 0.717) is 6.54 Å².